The molecule has 0 saturated heterocycles. The molecular formula is C16H22ClN3OS. The first-order chi connectivity index (χ1) is 10.7. The summed E-state index contributed by atoms with van der Waals surface area (Å²) in [5.41, 5.74) is 0. The summed E-state index contributed by atoms with van der Waals surface area (Å²) in [7, 11) is 0. The van der Waals surface area contributed by atoms with Crippen LogP contribution in [0.25, 0.3) is 0 Å². The molecule has 1 N–H and O–H groups in total. The SMILES string of the molecule is O=C(Nc1ncc(Cl)s1)N(C1CC=CCC1)C1CCCCC1. The van der Waals surface area contributed by atoms with Crippen molar-refractivity contribution < 1.29 is 4.79 Å². The maximum atomic E-state index is 12.8. The molecule has 4 nitrogen and oxygen atoms in total. The number of halogens is 1. The lowest BCUT2D eigenvalue weighted by molar-refractivity contribution is 0.128. The topological polar surface area (TPSA) is 45.2 Å². The highest BCUT2D eigenvalue weighted by molar-refractivity contribution is 7.19. The van der Waals surface area contributed by atoms with Gasteiger partial charge in [0.15, 0.2) is 5.13 Å². The minimum atomic E-state index is -0.0155. The zero-order valence-electron chi connectivity index (χ0n) is 12.6. The van der Waals surface area contributed by atoms with Crippen molar-refractivity contribution in [3.8, 4) is 0 Å². The van der Waals surface area contributed by atoms with E-state index in [0.717, 1.165) is 32.1 Å². The Bertz CT molecular complexity index is 539. The number of nitrogens with zero attached hydrogens (tertiary/aromatic N) is 2. The van der Waals surface area contributed by atoms with Crippen LogP contribution in [0.15, 0.2) is 18.3 Å². The van der Waals surface area contributed by atoms with Gasteiger partial charge in [-0.1, -0.05) is 54.4 Å². The van der Waals surface area contributed by atoms with E-state index in [9.17, 15) is 4.79 Å². The third-order valence-electron chi connectivity index (χ3n) is 4.53. The number of anilines is 1. The summed E-state index contributed by atoms with van der Waals surface area (Å²) in [5, 5.41) is 3.53. The van der Waals surface area contributed by atoms with Crippen LogP contribution in [-0.4, -0.2) is 28.0 Å². The monoisotopic (exact) mass is 339 g/mol. The summed E-state index contributed by atoms with van der Waals surface area (Å²) in [6.07, 6.45) is 15.0. The van der Waals surface area contributed by atoms with Crippen LogP contribution in [0.2, 0.25) is 4.34 Å². The fourth-order valence-corrected chi connectivity index (χ4v) is 4.29. The number of amides is 2. The maximum absolute atomic E-state index is 12.8. The van der Waals surface area contributed by atoms with Crippen molar-refractivity contribution >= 4 is 34.1 Å². The van der Waals surface area contributed by atoms with Gasteiger partial charge < -0.3 is 4.90 Å². The molecule has 0 aliphatic heterocycles. The van der Waals surface area contributed by atoms with E-state index >= 15 is 0 Å². The summed E-state index contributed by atoms with van der Waals surface area (Å²) in [4.78, 5) is 19.1. The summed E-state index contributed by atoms with van der Waals surface area (Å²) >= 11 is 7.21. The van der Waals surface area contributed by atoms with Crippen molar-refractivity contribution in [2.45, 2.75) is 63.5 Å². The molecule has 120 valence electrons. The number of hydrogen-bond acceptors (Lipinski definition) is 3. The molecule has 1 unspecified atom stereocenters. The highest BCUT2D eigenvalue weighted by atomic mass is 35.5. The van der Waals surface area contributed by atoms with Gasteiger partial charge in [0, 0.05) is 12.1 Å². The molecule has 3 rings (SSSR count). The molecule has 1 heterocycles. The van der Waals surface area contributed by atoms with Gasteiger partial charge in [0.1, 0.15) is 4.34 Å². The van der Waals surface area contributed by atoms with Crippen LogP contribution < -0.4 is 5.32 Å². The van der Waals surface area contributed by atoms with E-state index in [-0.39, 0.29) is 6.03 Å². The average molecular weight is 340 g/mol. The quantitative estimate of drug-likeness (QED) is 0.781. The van der Waals surface area contributed by atoms with Gasteiger partial charge in [-0.2, -0.15) is 0 Å². The number of allylic oxidation sites excluding steroid dienone is 1. The Morgan fingerprint density at radius 2 is 2.05 bits per heavy atom. The fraction of sp³-hybridized carbons (Fsp3) is 0.625. The predicted molar refractivity (Wildman–Crippen MR) is 91.6 cm³/mol. The third-order valence-corrected chi connectivity index (χ3v) is 5.56. The Labute approximate surface area is 140 Å². The lowest BCUT2D eigenvalue weighted by atomic mass is 9.91. The molecular weight excluding hydrogens is 318 g/mol. The third kappa shape index (κ3) is 3.82. The van der Waals surface area contributed by atoms with E-state index < -0.39 is 0 Å². The maximum Gasteiger partial charge on any atom is 0.324 e. The second-order valence-corrected chi connectivity index (χ2v) is 7.70. The van der Waals surface area contributed by atoms with Gasteiger partial charge in [-0.3, -0.25) is 5.32 Å². The van der Waals surface area contributed by atoms with Crippen LogP contribution in [0.3, 0.4) is 0 Å². The summed E-state index contributed by atoms with van der Waals surface area (Å²) in [6.45, 7) is 0. The lowest BCUT2D eigenvalue weighted by Crippen LogP contribution is -2.50. The number of carbonyl (C=O) groups is 1. The minimum Gasteiger partial charge on any atom is -0.318 e. The van der Waals surface area contributed by atoms with E-state index in [1.807, 2.05) is 0 Å². The molecule has 2 amide bonds. The number of thiazole rings is 1. The Morgan fingerprint density at radius 3 is 2.68 bits per heavy atom. The number of urea groups is 1. The van der Waals surface area contributed by atoms with Gasteiger partial charge in [0.25, 0.3) is 0 Å². The van der Waals surface area contributed by atoms with Crippen molar-refractivity contribution in [1.82, 2.24) is 9.88 Å². The van der Waals surface area contributed by atoms with E-state index in [1.165, 1.54) is 30.6 Å². The molecule has 1 fully saturated rings. The molecule has 1 aromatic rings. The Morgan fingerprint density at radius 1 is 1.23 bits per heavy atom. The van der Waals surface area contributed by atoms with E-state index in [0.29, 0.717) is 21.6 Å². The van der Waals surface area contributed by atoms with Crippen molar-refractivity contribution in [2.24, 2.45) is 0 Å². The van der Waals surface area contributed by atoms with Crippen LogP contribution in [0, 0.1) is 0 Å². The molecule has 0 bridgehead atoms. The number of nitrogens with one attached hydrogen (secondary N) is 1. The number of hydrogen-bond donors (Lipinski definition) is 1. The molecule has 0 spiro atoms. The minimum absolute atomic E-state index is 0.0155. The zero-order chi connectivity index (χ0) is 15.4. The van der Waals surface area contributed by atoms with E-state index in [4.69, 9.17) is 11.6 Å². The van der Waals surface area contributed by atoms with Crippen molar-refractivity contribution in [2.75, 3.05) is 5.32 Å². The highest BCUT2D eigenvalue weighted by Crippen LogP contribution is 2.30. The molecule has 1 aromatic heterocycles. The van der Waals surface area contributed by atoms with Crippen LogP contribution in [0.5, 0.6) is 0 Å². The van der Waals surface area contributed by atoms with Crippen LogP contribution in [-0.2, 0) is 0 Å². The molecule has 2 aliphatic carbocycles. The van der Waals surface area contributed by atoms with Gasteiger partial charge in [-0.05, 0) is 32.1 Å². The van der Waals surface area contributed by atoms with Gasteiger partial charge in [-0.15, -0.1) is 0 Å². The van der Waals surface area contributed by atoms with Crippen molar-refractivity contribution in [3.05, 3.63) is 22.7 Å². The Balaban J connectivity index is 1.73. The summed E-state index contributed by atoms with van der Waals surface area (Å²) in [6, 6.07) is 0.655. The van der Waals surface area contributed by atoms with Gasteiger partial charge in [0.2, 0.25) is 0 Å². The van der Waals surface area contributed by atoms with Gasteiger partial charge >= 0.3 is 6.03 Å². The highest BCUT2D eigenvalue weighted by Gasteiger charge is 2.32. The van der Waals surface area contributed by atoms with Crippen molar-refractivity contribution in [3.63, 3.8) is 0 Å². The smallest absolute Gasteiger partial charge is 0.318 e. The summed E-state index contributed by atoms with van der Waals surface area (Å²) in [5.74, 6) is 0. The van der Waals surface area contributed by atoms with E-state index in [1.54, 1.807) is 6.20 Å². The Kier molecular flexibility index (Phi) is 5.37. The van der Waals surface area contributed by atoms with Crippen molar-refractivity contribution in [1.29, 1.82) is 0 Å². The van der Waals surface area contributed by atoms with E-state index in [2.05, 4.69) is 27.4 Å². The normalized spacial score (nSPS) is 22.5. The van der Waals surface area contributed by atoms with Gasteiger partial charge in [-0.25, -0.2) is 9.78 Å². The fourth-order valence-electron chi connectivity index (χ4n) is 3.49. The van der Waals surface area contributed by atoms with Crippen LogP contribution >= 0.6 is 22.9 Å². The second-order valence-electron chi connectivity index (χ2n) is 6.04. The first kappa shape index (κ1) is 15.8. The lowest BCUT2D eigenvalue weighted by Gasteiger charge is -2.40. The summed E-state index contributed by atoms with van der Waals surface area (Å²) < 4.78 is 0.597. The molecule has 0 aromatic carbocycles. The molecule has 6 heteroatoms. The first-order valence-corrected chi connectivity index (χ1v) is 9.29. The largest absolute Gasteiger partial charge is 0.324 e. The van der Waals surface area contributed by atoms with Gasteiger partial charge in [0.05, 0.1) is 6.20 Å². The molecule has 1 saturated carbocycles. The first-order valence-electron chi connectivity index (χ1n) is 8.09. The second kappa shape index (κ2) is 7.47. The van der Waals surface area contributed by atoms with Crippen LogP contribution in [0.1, 0.15) is 51.4 Å². The number of carbonyl (C=O) groups excluding carboxylic acids is 1. The molecule has 22 heavy (non-hydrogen) atoms. The Hall–Kier alpha value is -1.07. The number of rotatable bonds is 3. The van der Waals surface area contributed by atoms with Crippen LogP contribution in [0.4, 0.5) is 9.93 Å². The average Bonchev–Trinajstić information content (AvgIpc) is 2.95. The molecule has 0 radical (unpaired) electrons. The molecule has 2 aliphatic rings. The number of aromatic nitrogens is 1. The standard InChI is InChI=1S/C16H22ClN3OS/c17-14-11-18-15(22-14)19-16(21)20(12-7-3-1-4-8-12)13-9-5-2-6-10-13/h1,3,11-13H,2,4-10H2,(H,18,19,21). The molecule has 1 atom stereocenters. The zero-order valence-corrected chi connectivity index (χ0v) is 14.2. The predicted octanol–water partition coefficient (Wildman–Crippen LogP) is 5.07.